The molecule has 0 spiro atoms. The van der Waals surface area contributed by atoms with Gasteiger partial charge in [-0.25, -0.2) is 0 Å². The largest absolute Gasteiger partial charge is 0.399 e. The molecular weight excluding hydrogens is 290 g/mol. The molecule has 0 saturated heterocycles. The summed E-state index contributed by atoms with van der Waals surface area (Å²) in [5.41, 5.74) is 10.0. The third-order valence-electron chi connectivity index (χ3n) is 3.44. The summed E-state index contributed by atoms with van der Waals surface area (Å²) in [6, 6.07) is 13.2. The molecule has 120 valence electrons. The highest BCUT2D eigenvalue weighted by Gasteiger charge is 2.08. The molecule has 0 fully saturated rings. The standard InChI is InChI=1S/C18H21N3O2/c1-12(22)20-17-6-4-3-5-14(17)7-8-15-9-10-16(19)11-18(15)21-13(2)23/h3-6,9-11H,7-8,19H2,1-2H3,(H,20,22)(H,21,23). The van der Waals surface area contributed by atoms with Crippen LogP contribution in [0.25, 0.3) is 0 Å². The van der Waals surface area contributed by atoms with Crippen molar-refractivity contribution in [2.75, 3.05) is 16.4 Å². The van der Waals surface area contributed by atoms with E-state index in [0.29, 0.717) is 5.69 Å². The highest BCUT2D eigenvalue weighted by Crippen LogP contribution is 2.23. The maximum Gasteiger partial charge on any atom is 0.221 e. The minimum atomic E-state index is -0.129. The highest BCUT2D eigenvalue weighted by molar-refractivity contribution is 5.90. The lowest BCUT2D eigenvalue weighted by Gasteiger charge is -2.13. The molecule has 0 aromatic heterocycles. The molecule has 0 heterocycles. The van der Waals surface area contributed by atoms with Crippen molar-refractivity contribution in [3.05, 3.63) is 53.6 Å². The van der Waals surface area contributed by atoms with Crippen molar-refractivity contribution >= 4 is 28.9 Å². The lowest BCUT2D eigenvalue weighted by molar-refractivity contribution is -0.115. The van der Waals surface area contributed by atoms with Crippen molar-refractivity contribution in [3.63, 3.8) is 0 Å². The Morgan fingerprint density at radius 2 is 1.43 bits per heavy atom. The van der Waals surface area contributed by atoms with E-state index in [0.717, 1.165) is 35.3 Å². The first-order chi connectivity index (χ1) is 11.0. The first-order valence-corrected chi connectivity index (χ1v) is 7.47. The lowest BCUT2D eigenvalue weighted by Crippen LogP contribution is -2.10. The van der Waals surface area contributed by atoms with E-state index in [1.165, 1.54) is 13.8 Å². The Hall–Kier alpha value is -2.82. The van der Waals surface area contributed by atoms with Gasteiger partial charge in [-0.15, -0.1) is 0 Å². The van der Waals surface area contributed by atoms with Gasteiger partial charge in [-0.2, -0.15) is 0 Å². The van der Waals surface area contributed by atoms with Gasteiger partial charge < -0.3 is 16.4 Å². The average Bonchev–Trinajstić information content (AvgIpc) is 2.46. The molecule has 23 heavy (non-hydrogen) atoms. The number of benzene rings is 2. The number of hydrogen-bond acceptors (Lipinski definition) is 3. The van der Waals surface area contributed by atoms with Crippen molar-refractivity contribution in [1.82, 2.24) is 0 Å². The summed E-state index contributed by atoms with van der Waals surface area (Å²) in [6.07, 6.45) is 1.47. The zero-order valence-electron chi connectivity index (χ0n) is 13.3. The number of aryl methyl sites for hydroxylation is 2. The van der Waals surface area contributed by atoms with Crippen LogP contribution in [0.3, 0.4) is 0 Å². The Labute approximate surface area is 135 Å². The Morgan fingerprint density at radius 3 is 2.09 bits per heavy atom. The van der Waals surface area contributed by atoms with Crippen molar-refractivity contribution < 1.29 is 9.59 Å². The third kappa shape index (κ3) is 4.85. The average molecular weight is 311 g/mol. The number of nitrogen functional groups attached to an aromatic ring is 1. The number of rotatable bonds is 5. The van der Waals surface area contributed by atoms with E-state index in [1.54, 1.807) is 6.07 Å². The SMILES string of the molecule is CC(=O)Nc1ccccc1CCc1ccc(N)cc1NC(C)=O. The van der Waals surface area contributed by atoms with Crippen LogP contribution in [0.4, 0.5) is 17.1 Å². The number of carbonyl (C=O) groups is 2. The summed E-state index contributed by atoms with van der Waals surface area (Å²) in [6.45, 7) is 2.96. The van der Waals surface area contributed by atoms with Crippen LogP contribution in [0, 0.1) is 0 Å². The molecule has 0 atom stereocenters. The number of para-hydroxylation sites is 1. The predicted molar refractivity (Wildman–Crippen MR) is 93.3 cm³/mol. The van der Waals surface area contributed by atoms with Crippen LogP contribution >= 0.6 is 0 Å². The van der Waals surface area contributed by atoms with Gasteiger partial charge in [-0.05, 0) is 42.2 Å². The maximum absolute atomic E-state index is 11.3. The van der Waals surface area contributed by atoms with Crippen LogP contribution in [0.5, 0.6) is 0 Å². The van der Waals surface area contributed by atoms with E-state index in [9.17, 15) is 9.59 Å². The van der Waals surface area contributed by atoms with Gasteiger partial charge in [0.25, 0.3) is 0 Å². The smallest absolute Gasteiger partial charge is 0.221 e. The molecule has 0 radical (unpaired) electrons. The minimum Gasteiger partial charge on any atom is -0.399 e. The van der Waals surface area contributed by atoms with Crippen molar-refractivity contribution in [2.24, 2.45) is 0 Å². The van der Waals surface area contributed by atoms with E-state index in [2.05, 4.69) is 10.6 Å². The Bertz CT molecular complexity index is 726. The molecule has 4 N–H and O–H groups in total. The van der Waals surface area contributed by atoms with Crippen molar-refractivity contribution in [2.45, 2.75) is 26.7 Å². The summed E-state index contributed by atoms with van der Waals surface area (Å²) in [7, 11) is 0. The number of hydrogen-bond donors (Lipinski definition) is 3. The molecule has 0 aliphatic heterocycles. The molecule has 2 amide bonds. The zero-order chi connectivity index (χ0) is 16.8. The van der Waals surface area contributed by atoms with E-state index in [-0.39, 0.29) is 11.8 Å². The number of amides is 2. The third-order valence-corrected chi connectivity index (χ3v) is 3.44. The van der Waals surface area contributed by atoms with Gasteiger partial charge in [0.15, 0.2) is 0 Å². The normalized spacial score (nSPS) is 10.2. The fourth-order valence-corrected chi connectivity index (χ4v) is 2.44. The van der Waals surface area contributed by atoms with Gasteiger partial charge in [0.2, 0.25) is 11.8 Å². The molecule has 0 bridgehead atoms. The summed E-state index contributed by atoms with van der Waals surface area (Å²) in [5, 5.41) is 5.65. The number of anilines is 3. The van der Waals surface area contributed by atoms with Crippen molar-refractivity contribution in [3.8, 4) is 0 Å². The minimum absolute atomic E-state index is 0.0936. The molecule has 2 aromatic carbocycles. The number of nitrogens with two attached hydrogens (primary N) is 1. The summed E-state index contributed by atoms with van der Waals surface area (Å²) < 4.78 is 0. The molecule has 2 rings (SSSR count). The Morgan fingerprint density at radius 1 is 0.870 bits per heavy atom. The quantitative estimate of drug-likeness (QED) is 0.742. The monoisotopic (exact) mass is 311 g/mol. The van der Waals surface area contributed by atoms with Gasteiger partial charge in [0.1, 0.15) is 0 Å². The predicted octanol–water partition coefficient (Wildman–Crippen LogP) is 2.97. The summed E-state index contributed by atoms with van der Waals surface area (Å²) in [4.78, 5) is 22.6. The molecule has 0 saturated carbocycles. The molecule has 5 heteroatoms. The Balaban J connectivity index is 2.18. The van der Waals surface area contributed by atoms with Gasteiger partial charge in [0.05, 0.1) is 0 Å². The first kappa shape index (κ1) is 16.5. The van der Waals surface area contributed by atoms with Crippen LogP contribution in [-0.4, -0.2) is 11.8 Å². The van der Waals surface area contributed by atoms with E-state index in [1.807, 2.05) is 36.4 Å². The van der Waals surface area contributed by atoms with Gasteiger partial charge in [0, 0.05) is 30.9 Å². The second-order valence-electron chi connectivity index (χ2n) is 5.44. The molecule has 2 aromatic rings. The fourth-order valence-electron chi connectivity index (χ4n) is 2.44. The fraction of sp³-hybridized carbons (Fsp3) is 0.222. The Kier molecular flexibility index (Phi) is 5.36. The lowest BCUT2D eigenvalue weighted by atomic mass is 10.0. The zero-order valence-corrected chi connectivity index (χ0v) is 13.3. The van der Waals surface area contributed by atoms with Crippen molar-refractivity contribution in [1.29, 1.82) is 0 Å². The topological polar surface area (TPSA) is 84.2 Å². The van der Waals surface area contributed by atoms with Gasteiger partial charge in [-0.3, -0.25) is 9.59 Å². The van der Waals surface area contributed by atoms with Gasteiger partial charge >= 0.3 is 0 Å². The molecule has 0 unspecified atom stereocenters. The van der Waals surface area contributed by atoms with Crippen LogP contribution in [-0.2, 0) is 22.4 Å². The number of carbonyl (C=O) groups excluding carboxylic acids is 2. The molecule has 0 aliphatic rings. The summed E-state index contributed by atoms with van der Waals surface area (Å²) in [5.74, 6) is -0.223. The number of nitrogens with one attached hydrogen (secondary N) is 2. The second-order valence-corrected chi connectivity index (χ2v) is 5.44. The van der Waals surface area contributed by atoms with Gasteiger partial charge in [-0.1, -0.05) is 24.3 Å². The molecule has 5 nitrogen and oxygen atoms in total. The first-order valence-electron chi connectivity index (χ1n) is 7.47. The summed E-state index contributed by atoms with van der Waals surface area (Å²) >= 11 is 0. The van der Waals surface area contributed by atoms with Crippen LogP contribution in [0.2, 0.25) is 0 Å². The van der Waals surface area contributed by atoms with E-state index < -0.39 is 0 Å². The van der Waals surface area contributed by atoms with E-state index in [4.69, 9.17) is 5.73 Å². The van der Waals surface area contributed by atoms with Crippen LogP contribution in [0.1, 0.15) is 25.0 Å². The van der Waals surface area contributed by atoms with Crippen LogP contribution in [0.15, 0.2) is 42.5 Å². The molecular formula is C18H21N3O2. The van der Waals surface area contributed by atoms with Crippen LogP contribution < -0.4 is 16.4 Å². The second kappa shape index (κ2) is 7.45. The van der Waals surface area contributed by atoms with E-state index >= 15 is 0 Å². The molecule has 0 aliphatic carbocycles. The maximum atomic E-state index is 11.3. The highest BCUT2D eigenvalue weighted by atomic mass is 16.2.